The maximum absolute atomic E-state index is 11.1. The molecule has 1 rings (SSSR count). The highest BCUT2D eigenvalue weighted by Gasteiger charge is 1.97. The number of aldehydes is 1. The fourth-order valence-electron chi connectivity index (χ4n) is 2.15. The molecule has 1 nitrogen and oxygen atoms in total. The van der Waals surface area contributed by atoms with Gasteiger partial charge in [-0.3, -0.25) is 4.79 Å². The number of benzene rings is 1. The summed E-state index contributed by atoms with van der Waals surface area (Å²) in [6.45, 7) is 4.30. The molecule has 0 heterocycles. The second kappa shape index (κ2) is 9.55. The summed E-state index contributed by atoms with van der Waals surface area (Å²) < 4.78 is 0. The molecule has 1 heteroatoms. The van der Waals surface area contributed by atoms with Gasteiger partial charge in [-0.05, 0) is 37.0 Å². The van der Waals surface area contributed by atoms with Crippen molar-refractivity contribution in [3.05, 3.63) is 41.0 Å². The average molecular weight is 258 g/mol. The average Bonchev–Trinajstić information content (AvgIpc) is 2.43. The Morgan fingerprint density at radius 1 is 1.00 bits per heavy atom. The molecule has 0 atom stereocenters. The van der Waals surface area contributed by atoms with E-state index in [1.165, 1.54) is 37.7 Å². The largest absolute Gasteiger partial charge is 0.298 e. The van der Waals surface area contributed by atoms with E-state index in [1.54, 1.807) is 0 Å². The predicted molar refractivity (Wildman–Crippen MR) is 83.2 cm³/mol. The summed E-state index contributed by atoms with van der Waals surface area (Å²) >= 11 is 0. The van der Waals surface area contributed by atoms with E-state index in [-0.39, 0.29) is 0 Å². The van der Waals surface area contributed by atoms with Crippen LogP contribution in [0.25, 0.3) is 6.08 Å². The minimum Gasteiger partial charge on any atom is -0.298 e. The highest BCUT2D eigenvalue weighted by atomic mass is 16.1. The van der Waals surface area contributed by atoms with Crippen LogP contribution in [-0.2, 0) is 4.79 Å². The molecule has 19 heavy (non-hydrogen) atoms. The quantitative estimate of drug-likeness (QED) is 0.332. The van der Waals surface area contributed by atoms with Crippen molar-refractivity contribution in [1.82, 2.24) is 0 Å². The summed E-state index contributed by atoms with van der Waals surface area (Å²) in [6, 6.07) is 8.30. The van der Waals surface area contributed by atoms with E-state index in [1.807, 2.05) is 6.08 Å². The van der Waals surface area contributed by atoms with Crippen molar-refractivity contribution in [2.75, 3.05) is 0 Å². The zero-order chi connectivity index (χ0) is 13.9. The van der Waals surface area contributed by atoms with E-state index in [0.717, 1.165) is 30.3 Å². The van der Waals surface area contributed by atoms with Gasteiger partial charge in [-0.1, -0.05) is 68.9 Å². The summed E-state index contributed by atoms with van der Waals surface area (Å²) in [7, 11) is 0. The third-order valence-corrected chi connectivity index (χ3v) is 3.40. The number of allylic oxidation sites excluding steroid dienone is 1. The number of rotatable bonds is 9. The van der Waals surface area contributed by atoms with Gasteiger partial charge >= 0.3 is 0 Å². The van der Waals surface area contributed by atoms with E-state index >= 15 is 0 Å². The number of unbranched alkanes of at least 4 members (excludes halogenated alkanes) is 5. The molecule has 1 aromatic rings. The van der Waals surface area contributed by atoms with Crippen LogP contribution in [-0.4, -0.2) is 6.29 Å². The van der Waals surface area contributed by atoms with Gasteiger partial charge in [-0.2, -0.15) is 0 Å². The second-order valence-electron chi connectivity index (χ2n) is 5.27. The Bertz CT molecular complexity index is 387. The van der Waals surface area contributed by atoms with Crippen molar-refractivity contribution >= 4 is 12.4 Å². The first-order chi connectivity index (χ1) is 9.26. The van der Waals surface area contributed by atoms with Crippen LogP contribution >= 0.6 is 0 Å². The monoisotopic (exact) mass is 258 g/mol. The summed E-state index contributed by atoms with van der Waals surface area (Å²) in [6.07, 6.45) is 11.5. The molecule has 0 N–H and O–H groups in total. The molecule has 0 saturated heterocycles. The SMILES string of the molecule is CCCCCCCC/C(C=O)=C/c1ccc(C)cc1. The highest BCUT2D eigenvalue weighted by molar-refractivity contribution is 5.81. The van der Waals surface area contributed by atoms with Gasteiger partial charge in [0.05, 0.1) is 0 Å². The van der Waals surface area contributed by atoms with Gasteiger partial charge in [-0.25, -0.2) is 0 Å². The van der Waals surface area contributed by atoms with Crippen molar-refractivity contribution in [3.63, 3.8) is 0 Å². The number of carbonyl (C=O) groups is 1. The van der Waals surface area contributed by atoms with E-state index in [2.05, 4.69) is 38.1 Å². The van der Waals surface area contributed by atoms with E-state index in [9.17, 15) is 4.79 Å². The smallest absolute Gasteiger partial charge is 0.146 e. The van der Waals surface area contributed by atoms with Gasteiger partial charge in [0.2, 0.25) is 0 Å². The highest BCUT2D eigenvalue weighted by Crippen LogP contribution is 2.14. The Labute approximate surface area is 117 Å². The number of aryl methyl sites for hydroxylation is 1. The molecule has 0 bridgehead atoms. The zero-order valence-electron chi connectivity index (χ0n) is 12.3. The van der Waals surface area contributed by atoms with Gasteiger partial charge < -0.3 is 0 Å². The molecule has 104 valence electrons. The van der Waals surface area contributed by atoms with Crippen LogP contribution < -0.4 is 0 Å². The summed E-state index contributed by atoms with van der Waals surface area (Å²) in [4.78, 5) is 11.1. The molecule has 0 aliphatic rings. The van der Waals surface area contributed by atoms with Crippen molar-refractivity contribution in [1.29, 1.82) is 0 Å². The van der Waals surface area contributed by atoms with Crippen LogP contribution in [0.3, 0.4) is 0 Å². The summed E-state index contributed by atoms with van der Waals surface area (Å²) in [5.41, 5.74) is 3.29. The van der Waals surface area contributed by atoms with Crippen molar-refractivity contribution in [3.8, 4) is 0 Å². The fourth-order valence-corrected chi connectivity index (χ4v) is 2.15. The van der Waals surface area contributed by atoms with Gasteiger partial charge in [0.1, 0.15) is 6.29 Å². The van der Waals surface area contributed by atoms with E-state index in [4.69, 9.17) is 0 Å². The van der Waals surface area contributed by atoms with Gasteiger partial charge in [0, 0.05) is 0 Å². The molecular weight excluding hydrogens is 232 g/mol. The lowest BCUT2D eigenvalue weighted by molar-refractivity contribution is -0.105. The lowest BCUT2D eigenvalue weighted by Crippen LogP contribution is -1.87. The molecule has 0 unspecified atom stereocenters. The van der Waals surface area contributed by atoms with Crippen LogP contribution in [0.5, 0.6) is 0 Å². The zero-order valence-corrected chi connectivity index (χ0v) is 12.3. The molecule has 0 spiro atoms. The minimum atomic E-state index is 0.906. The van der Waals surface area contributed by atoms with E-state index in [0.29, 0.717) is 0 Å². The van der Waals surface area contributed by atoms with Crippen LogP contribution in [0.15, 0.2) is 29.8 Å². The third kappa shape index (κ3) is 6.95. The van der Waals surface area contributed by atoms with Crippen LogP contribution in [0.2, 0.25) is 0 Å². The van der Waals surface area contributed by atoms with Gasteiger partial charge in [0.15, 0.2) is 0 Å². The minimum absolute atomic E-state index is 0.906. The fraction of sp³-hybridized carbons (Fsp3) is 0.500. The van der Waals surface area contributed by atoms with E-state index < -0.39 is 0 Å². The molecule has 0 aliphatic carbocycles. The van der Waals surface area contributed by atoms with Gasteiger partial charge in [0.25, 0.3) is 0 Å². The Hall–Kier alpha value is -1.37. The van der Waals surface area contributed by atoms with Crippen molar-refractivity contribution < 1.29 is 4.79 Å². The topological polar surface area (TPSA) is 17.1 Å². The first-order valence-corrected chi connectivity index (χ1v) is 7.48. The Balaban J connectivity index is 2.36. The summed E-state index contributed by atoms with van der Waals surface area (Å²) in [5.74, 6) is 0. The van der Waals surface area contributed by atoms with Crippen molar-refractivity contribution in [2.45, 2.75) is 58.8 Å². The standard InChI is InChI=1S/C18H26O/c1-3-4-5-6-7-8-9-18(15-19)14-17-12-10-16(2)11-13-17/h10-15H,3-9H2,1-2H3/b18-14-. The van der Waals surface area contributed by atoms with Crippen LogP contribution in [0, 0.1) is 6.92 Å². The Morgan fingerprint density at radius 3 is 2.26 bits per heavy atom. The normalized spacial score (nSPS) is 11.6. The number of hydrogen-bond acceptors (Lipinski definition) is 1. The number of carbonyl (C=O) groups excluding carboxylic acids is 1. The van der Waals surface area contributed by atoms with Crippen molar-refractivity contribution in [2.24, 2.45) is 0 Å². The maximum Gasteiger partial charge on any atom is 0.146 e. The van der Waals surface area contributed by atoms with Crippen LogP contribution in [0.4, 0.5) is 0 Å². The first kappa shape index (κ1) is 15.7. The molecule has 0 amide bonds. The molecular formula is C18H26O. The maximum atomic E-state index is 11.1. The molecule has 0 radical (unpaired) electrons. The number of hydrogen-bond donors (Lipinski definition) is 0. The Kier molecular flexibility index (Phi) is 7.88. The molecule has 1 aromatic carbocycles. The lowest BCUT2D eigenvalue weighted by Gasteiger charge is -2.02. The second-order valence-corrected chi connectivity index (χ2v) is 5.27. The molecule has 0 saturated carbocycles. The predicted octanol–water partition coefficient (Wildman–Crippen LogP) is 5.33. The first-order valence-electron chi connectivity index (χ1n) is 7.48. The van der Waals surface area contributed by atoms with Crippen LogP contribution in [0.1, 0.15) is 63.0 Å². The molecule has 0 aliphatic heterocycles. The molecule has 0 aromatic heterocycles. The van der Waals surface area contributed by atoms with Gasteiger partial charge in [-0.15, -0.1) is 0 Å². The molecule has 0 fully saturated rings. The Morgan fingerprint density at radius 2 is 1.63 bits per heavy atom. The third-order valence-electron chi connectivity index (χ3n) is 3.40. The lowest BCUT2D eigenvalue weighted by atomic mass is 10.0. The summed E-state index contributed by atoms with van der Waals surface area (Å²) in [5, 5.41) is 0.